The van der Waals surface area contributed by atoms with E-state index < -0.39 is 10.0 Å². The summed E-state index contributed by atoms with van der Waals surface area (Å²) in [4.78, 5) is 3.82. The summed E-state index contributed by atoms with van der Waals surface area (Å²) in [7, 11) is -1.75. The second-order valence-corrected chi connectivity index (χ2v) is 6.12. The van der Waals surface area contributed by atoms with Crippen molar-refractivity contribution >= 4 is 10.0 Å². The molecule has 7 heteroatoms. The summed E-state index contributed by atoms with van der Waals surface area (Å²) < 4.78 is 27.8. The van der Waals surface area contributed by atoms with Gasteiger partial charge in [0.2, 0.25) is 0 Å². The number of aryl methyl sites for hydroxylation is 1. The molecule has 1 aromatic heterocycles. The van der Waals surface area contributed by atoms with Crippen LogP contribution in [0.2, 0.25) is 0 Å². The number of rotatable bonds is 5. The molecule has 6 nitrogen and oxygen atoms in total. The lowest BCUT2D eigenvalue weighted by Crippen LogP contribution is -2.34. The molecule has 0 aromatic carbocycles. The van der Waals surface area contributed by atoms with E-state index in [0.29, 0.717) is 13.1 Å². The third-order valence-electron chi connectivity index (χ3n) is 2.98. The maximum atomic E-state index is 11.8. The monoisotopic (exact) mass is 244 g/mol. The maximum absolute atomic E-state index is 11.8. The Morgan fingerprint density at radius 1 is 1.62 bits per heavy atom. The Hall–Kier alpha value is -0.920. The van der Waals surface area contributed by atoms with Crippen molar-refractivity contribution in [1.82, 2.24) is 14.3 Å². The van der Waals surface area contributed by atoms with Crippen molar-refractivity contribution in [2.75, 3.05) is 13.1 Å². The van der Waals surface area contributed by atoms with Gasteiger partial charge < -0.3 is 10.3 Å². The maximum Gasteiger partial charge on any atom is 0.259 e. The first kappa shape index (κ1) is 11.6. The van der Waals surface area contributed by atoms with Crippen LogP contribution < -0.4 is 10.5 Å². The molecule has 1 aliphatic rings. The third kappa shape index (κ3) is 2.26. The Morgan fingerprint density at radius 2 is 2.31 bits per heavy atom. The number of aromatic nitrogens is 2. The Balaban J connectivity index is 2.04. The number of nitrogens with one attached hydrogen (secondary N) is 1. The predicted molar refractivity (Wildman–Crippen MR) is 59.1 cm³/mol. The molecule has 16 heavy (non-hydrogen) atoms. The van der Waals surface area contributed by atoms with E-state index in [2.05, 4.69) is 9.71 Å². The molecule has 0 bridgehead atoms. The molecule has 1 fully saturated rings. The molecular formula is C9H16N4O2S. The average molecular weight is 244 g/mol. The van der Waals surface area contributed by atoms with Gasteiger partial charge in [-0.25, -0.2) is 18.1 Å². The van der Waals surface area contributed by atoms with Crippen molar-refractivity contribution in [3.63, 3.8) is 0 Å². The Bertz CT molecular complexity index is 475. The van der Waals surface area contributed by atoms with Gasteiger partial charge in [-0.05, 0) is 24.8 Å². The van der Waals surface area contributed by atoms with Crippen LogP contribution in [0.15, 0.2) is 17.6 Å². The fourth-order valence-corrected chi connectivity index (χ4v) is 2.61. The van der Waals surface area contributed by atoms with Crippen molar-refractivity contribution in [2.24, 2.45) is 18.2 Å². The van der Waals surface area contributed by atoms with Crippen molar-refractivity contribution in [3.8, 4) is 0 Å². The largest absolute Gasteiger partial charge is 0.339 e. The number of imidazole rings is 1. The van der Waals surface area contributed by atoms with E-state index in [1.165, 1.54) is 12.5 Å². The molecule has 0 saturated heterocycles. The molecule has 90 valence electrons. The highest BCUT2D eigenvalue weighted by Crippen LogP contribution is 2.43. The van der Waals surface area contributed by atoms with Crippen LogP contribution in [0.25, 0.3) is 0 Å². The van der Waals surface area contributed by atoms with Crippen molar-refractivity contribution < 1.29 is 8.42 Å². The predicted octanol–water partition coefficient (Wildman–Crippen LogP) is -0.563. The van der Waals surface area contributed by atoms with Gasteiger partial charge in [-0.2, -0.15) is 0 Å². The zero-order valence-electron chi connectivity index (χ0n) is 9.18. The first-order valence-corrected chi connectivity index (χ1v) is 6.63. The van der Waals surface area contributed by atoms with Crippen LogP contribution in [-0.4, -0.2) is 31.1 Å². The first-order chi connectivity index (χ1) is 7.47. The van der Waals surface area contributed by atoms with Crippen molar-refractivity contribution in [1.29, 1.82) is 0 Å². The average Bonchev–Trinajstić information content (AvgIpc) is 2.91. The van der Waals surface area contributed by atoms with Crippen LogP contribution in [-0.2, 0) is 17.1 Å². The molecule has 1 aromatic rings. The van der Waals surface area contributed by atoms with E-state index in [4.69, 9.17) is 5.73 Å². The lowest BCUT2D eigenvalue weighted by atomic mass is 10.1. The highest BCUT2D eigenvalue weighted by Gasteiger charge is 2.42. The van der Waals surface area contributed by atoms with Crippen LogP contribution >= 0.6 is 0 Å². The number of hydrogen-bond acceptors (Lipinski definition) is 4. The van der Waals surface area contributed by atoms with Gasteiger partial charge in [0.25, 0.3) is 10.0 Å². The van der Waals surface area contributed by atoms with E-state index in [1.807, 2.05) is 0 Å². The zero-order chi connectivity index (χ0) is 11.8. The Labute approximate surface area is 94.9 Å². The Kier molecular flexibility index (Phi) is 2.77. The zero-order valence-corrected chi connectivity index (χ0v) is 10.00. The number of nitrogens with two attached hydrogens (primary N) is 1. The van der Waals surface area contributed by atoms with Crippen LogP contribution in [0.5, 0.6) is 0 Å². The van der Waals surface area contributed by atoms with Gasteiger partial charge in [-0.15, -0.1) is 0 Å². The van der Waals surface area contributed by atoms with Gasteiger partial charge in [0.1, 0.15) is 0 Å². The molecule has 0 unspecified atom stereocenters. The molecule has 2 rings (SSSR count). The minimum atomic E-state index is -3.48. The van der Waals surface area contributed by atoms with Gasteiger partial charge in [-0.1, -0.05) is 0 Å². The normalized spacial score (nSPS) is 18.6. The van der Waals surface area contributed by atoms with Crippen molar-refractivity contribution in [2.45, 2.75) is 17.9 Å². The summed E-state index contributed by atoms with van der Waals surface area (Å²) in [6, 6.07) is 0. The topological polar surface area (TPSA) is 90.0 Å². The van der Waals surface area contributed by atoms with Crippen LogP contribution in [0.1, 0.15) is 12.8 Å². The highest BCUT2D eigenvalue weighted by atomic mass is 32.2. The lowest BCUT2D eigenvalue weighted by Gasteiger charge is -2.12. The first-order valence-electron chi connectivity index (χ1n) is 5.15. The molecule has 1 saturated carbocycles. The van der Waals surface area contributed by atoms with Gasteiger partial charge in [0, 0.05) is 19.8 Å². The molecule has 0 amide bonds. The quantitative estimate of drug-likeness (QED) is 0.726. The van der Waals surface area contributed by atoms with E-state index in [0.717, 1.165) is 12.8 Å². The molecule has 1 aliphatic carbocycles. The minimum Gasteiger partial charge on any atom is -0.339 e. The Morgan fingerprint density at radius 3 is 2.75 bits per heavy atom. The summed E-state index contributed by atoms with van der Waals surface area (Å²) in [6.45, 7) is 0.931. The van der Waals surface area contributed by atoms with Gasteiger partial charge in [0.15, 0.2) is 5.03 Å². The summed E-state index contributed by atoms with van der Waals surface area (Å²) in [5.41, 5.74) is 5.57. The smallest absolute Gasteiger partial charge is 0.259 e. The van der Waals surface area contributed by atoms with E-state index in [1.54, 1.807) is 11.6 Å². The van der Waals surface area contributed by atoms with Crippen LogP contribution in [0.3, 0.4) is 0 Å². The van der Waals surface area contributed by atoms with E-state index in [9.17, 15) is 8.42 Å². The minimum absolute atomic E-state index is 0.0121. The van der Waals surface area contributed by atoms with Crippen molar-refractivity contribution in [3.05, 3.63) is 12.5 Å². The van der Waals surface area contributed by atoms with Crippen LogP contribution in [0.4, 0.5) is 0 Å². The molecule has 0 spiro atoms. The molecule has 1 heterocycles. The summed E-state index contributed by atoms with van der Waals surface area (Å²) >= 11 is 0. The molecule has 3 N–H and O–H groups in total. The van der Waals surface area contributed by atoms with Crippen LogP contribution in [0, 0.1) is 5.41 Å². The summed E-state index contributed by atoms with van der Waals surface area (Å²) in [5, 5.41) is 0.0582. The summed E-state index contributed by atoms with van der Waals surface area (Å²) in [5.74, 6) is 0. The van der Waals surface area contributed by atoms with Gasteiger partial charge in [-0.3, -0.25) is 0 Å². The fraction of sp³-hybridized carbons (Fsp3) is 0.667. The van der Waals surface area contributed by atoms with E-state index in [-0.39, 0.29) is 10.4 Å². The van der Waals surface area contributed by atoms with E-state index >= 15 is 0 Å². The molecular weight excluding hydrogens is 228 g/mol. The third-order valence-corrected chi connectivity index (χ3v) is 4.27. The number of sulfonamides is 1. The van der Waals surface area contributed by atoms with Gasteiger partial charge in [0.05, 0.1) is 6.33 Å². The number of hydrogen-bond donors (Lipinski definition) is 2. The van der Waals surface area contributed by atoms with Gasteiger partial charge >= 0.3 is 0 Å². The second kappa shape index (κ2) is 3.83. The molecule has 0 radical (unpaired) electrons. The standard InChI is InChI=1S/C9H16N4O2S/c1-13-4-8(11-7-13)16(14,15)12-6-9(5-10)2-3-9/h4,7,12H,2-3,5-6,10H2,1H3. The number of nitrogens with zero attached hydrogens (tertiary/aromatic N) is 2. The fourth-order valence-electron chi connectivity index (χ4n) is 1.48. The second-order valence-electron chi connectivity index (χ2n) is 4.41. The SMILES string of the molecule is Cn1cnc(S(=O)(=O)NCC2(CN)CC2)c1. The molecule has 0 atom stereocenters. The molecule has 0 aliphatic heterocycles. The summed E-state index contributed by atoms with van der Waals surface area (Å²) in [6.07, 6.45) is 4.93. The lowest BCUT2D eigenvalue weighted by molar-refractivity contribution is 0.500. The highest BCUT2D eigenvalue weighted by molar-refractivity contribution is 7.89.